The number of unbranched alkanes of at least 4 members (excludes halogenated alkanes) is 23. The van der Waals surface area contributed by atoms with Crippen molar-refractivity contribution in [2.24, 2.45) is 0 Å². The molecule has 0 spiro atoms. The Balaban J connectivity index is 2.19. The zero-order valence-corrected chi connectivity index (χ0v) is 48.2. The van der Waals surface area contributed by atoms with Crippen LogP contribution in [0.15, 0.2) is 122 Å². The number of rotatable bonds is 51. The van der Waals surface area contributed by atoms with Crippen molar-refractivity contribution in [1.82, 2.24) is 5.32 Å². The highest BCUT2D eigenvalue weighted by Crippen LogP contribution is 2.23. The molecule has 0 radical (unpaired) electrons. The van der Waals surface area contributed by atoms with Crippen molar-refractivity contribution in [3.8, 4) is 0 Å². The second kappa shape index (κ2) is 54.9. The van der Waals surface area contributed by atoms with Gasteiger partial charge < -0.3 is 40.3 Å². The van der Waals surface area contributed by atoms with E-state index >= 15 is 0 Å². The number of aliphatic hydroxyl groups is 5. The lowest BCUT2D eigenvalue weighted by atomic mass is 9.99. The molecule has 0 aliphatic carbocycles. The minimum Gasteiger partial charge on any atom is -0.394 e. The van der Waals surface area contributed by atoms with Crippen molar-refractivity contribution in [3.05, 3.63) is 122 Å². The van der Waals surface area contributed by atoms with Crippen molar-refractivity contribution in [2.75, 3.05) is 13.2 Å². The van der Waals surface area contributed by atoms with Gasteiger partial charge in [-0.05, 0) is 103 Å². The standard InChI is InChI=1S/C67H113NO8/c1-3-5-7-9-11-13-15-17-19-21-23-24-25-26-27-28-29-30-31-32-33-34-35-36-37-38-39-41-43-45-47-49-51-53-55-57-63(71)68-60(59-75-67-66(74)65(73)64(72)62(58-69)76-67)61(70)56-54-52-50-48-46-44-42-40-22-20-18-16-14-12-10-8-6-4-2/h5,7,11,13,17,19,22-24,26-27,29-30,32-33,40,46,48,54,56,60-62,64-67,69-70,72-74H,3-4,6,8-10,12,14-16,18,20-21,25,28,31,34-39,41-45,47,49-53,55,57-59H2,1-2H3,(H,68,71)/b7-5-,13-11-,19-17-,24-23-,27-26-,30-29-,33-32-,40-22+,48-46+,56-54+. The maximum Gasteiger partial charge on any atom is 0.220 e. The summed E-state index contributed by atoms with van der Waals surface area (Å²) >= 11 is 0. The minimum absolute atomic E-state index is 0.196. The number of carbonyl (C=O) groups is 1. The van der Waals surface area contributed by atoms with Gasteiger partial charge in [0.05, 0.1) is 25.4 Å². The van der Waals surface area contributed by atoms with Crippen molar-refractivity contribution in [3.63, 3.8) is 0 Å². The number of carbonyl (C=O) groups excluding carboxylic acids is 1. The van der Waals surface area contributed by atoms with Crippen molar-refractivity contribution < 1.29 is 39.8 Å². The normalized spacial score (nSPS) is 19.7. The molecule has 76 heavy (non-hydrogen) atoms. The van der Waals surface area contributed by atoms with Crippen LogP contribution in [0.1, 0.15) is 239 Å². The van der Waals surface area contributed by atoms with Crippen LogP contribution >= 0.6 is 0 Å². The molecule has 0 aromatic heterocycles. The van der Waals surface area contributed by atoms with Gasteiger partial charge in [-0.2, -0.15) is 0 Å². The van der Waals surface area contributed by atoms with Gasteiger partial charge in [0.1, 0.15) is 24.4 Å². The van der Waals surface area contributed by atoms with E-state index in [0.29, 0.717) is 6.42 Å². The van der Waals surface area contributed by atoms with Gasteiger partial charge in [-0.3, -0.25) is 4.79 Å². The molecule has 9 nitrogen and oxygen atoms in total. The van der Waals surface area contributed by atoms with Gasteiger partial charge in [-0.1, -0.05) is 251 Å². The molecular weight excluding hydrogens is 947 g/mol. The van der Waals surface area contributed by atoms with Crippen molar-refractivity contribution in [2.45, 2.75) is 281 Å². The van der Waals surface area contributed by atoms with E-state index < -0.39 is 49.5 Å². The summed E-state index contributed by atoms with van der Waals surface area (Å²) in [4.78, 5) is 13.1. The Labute approximate surface area is 465 Å². The first kappa shape index (κ1) is 70.6. The Morgan fingerprint density at radius 3 is 1.26 bits per heavy atom. The van der Waals surface area contributed by atoms with Gasteiger partial charge in [0.15, 0.2) is 6.29 Å². The maximum absolute atomic E-state index is 13.1. The maximum atomic E-state index is 13.1. The Kier molecular flexibility index (Phi) is 51.0. The van der Waals surface area contributed by atoms with Crippen LogP contribution in [0.5, 0.6) is 0 Å². The van der Waals surface area contributed by atoms with Gasteiger partial charge >= 0.3 is 0 Å². The molecule has 1 aliphatic heterocycles. The minimum atomic E-state index is -1.58. The van der Waals surface area contributed by atoms with Crippen LogP contribution in [0.4, 0.5) is 0 Å². The van der Waals surface area contributed by atoms with Crippen molar-refractivity contribution >= 4 is 5.91 Å². The summed E-state index contributed by atoms with van der Waals surface area (Å²) in [7, 11) is 0. The topological polar surface area (TPSA) is 149 Å². The second-order valence-electron chi connectivity index (χ2n) is 20.7. The molecule has 1 aliphatic rings. The fourth-order valence-corrected chi connectivity index (χ4v) is 8.93. The zero-order chi connectivity index (χ0) is 55.0. The quantitative estimate of drug-likeness (QED) is 0.0261. The summed E-state index contributed by atoms with van der Waals surface area (Å²) < 4.78 is 11.3. The SMILES string of the molecule is CC/C=C\C/C=C\C/C=C\C/C=C\C/C=C\C/C=C\C/C=C\CCCCCCCCCCCCCCCC(=O)NC(COC1OC(CO)C(O)C(O)C1O)C(O)/C=C/CC/C=C/CC/C=C/CCCCCCCCCC. The van der Waals surface area contributed by atoms with Crippen LogP contribution in [0.25, 0.3) is 0 Å². The smallest absolute Gasteiger partial charge is 0.220 e. The number of ether oxygens (including phenoxy) is 2. The van der Waals surface area contributed by atoms with Gasteiger partial charge in [0.25, 0.3) is 0 Å². The third kappa shape index (κ3) is 43.6. The molecule has 1 amide bonds. The predicted molar refractivity (Wildman–Crippen MR) is 322 cm³/mol. The number of hydrogen-bond donors (Lipinski definition) is 6. The first-order valence-corrected chi connectivity index (χ1v) is 30.8. The number of allylic oxidation sites excluding steroid dienone is 19. The average molecular weight is 1060 g/mol. The Morgan fingerprint density at radius 1 is 0.461 bits per heavy atom. The molecule has 0 aromatic rings. The summed E-state index contributed by atoms with van der Waals surface area (Å²) in [6.07, 6.45) is 75.6. The van der Waals surface area contributed by atoms with Gasteiger partial charge in [-0.15, -0.1) is 0 Å². The Hall–Kier alpha value is -3.41. The molecule has 6 N–H and O–H groups in total. The van der Waals surface area contributed by atoms with E-state index in [-0.39, 0.29) is 12.5 Å². The molecule has 7 atom stereocenters. The molecule has 434 valence electrons. The number of hydrogen-bond acceptors (Lipinski definition) is 8. The summed E-state index contributed by atoms with van der Waals surface area (Å²) in [6.45, 7) is 3.64. The highest BCUT2D eigenvalue weighted by atomic mass is 16.7. The summed E-state index contributed by atoms with van der Waals surface area (Å²) in [6, 6.07) is -0.837. The third-order valence-corrected chi connectivity index (χ3v) is 13.7. The predicted octanol–water partition coefficient (Wildman–Crippen LogP) is 15.9. The lowest BCUT2D eigenvalue weighted by Gasteiger charge is -2.40. The van der Waals surface area contributed by atoms with E-state index in [0.717, 1.165) is 96.3 Å². The summed E-state index contributed by atoms with van der Waals surface area (Å²) in [5.41, 5.74) is 0. The van der Waals surface area contributed by atoms with Crippen LogP contribution in [0.2, 0.25) is 0 Å². The third-order valence-electron chi connectivity index (χ3n) is 13.7. The van der Waals surface area contributed by atoms with E-state index in [1.807, 2.05) is 6.08 Å². The largest absolute Gasteiger partial charge is 0.394 e. The van der Waals surface area contributed by atoms with E-state index in [9.17, 15) is 30.3 Å². The molecule has 0 bridgehead atoms. The molecule has 0 aromatic carbocycles. The van der Waals surface area contributed by atoms with Crippen LogP contribution in [-0.2, 0) is 14.3 Å². The molecular formula is C67H113NO8. The molecule has 1 rings (SSSR count). The molecule has 0 saturated carbocycles. The lowest BCUT2D eigenvalue weighted by molar-refractivity contribution is -0.302. The fourth-order valence-electron chi connectivity index (χ4n) is 8.93. The van der Waals surface area contributed by atoms with Crippen LogP contribution in [-0.4, -0.2) is 87.5 Å². The molecule has 1 heterocycles. The first-order valence-electron chi connectivity index (χ1n) is 30.8. The lowest BCUT2D eigenvalue weighted by Crippen LogP contribution is -2.60. The zero-order valence-electron chi connectivity index (χ0n) is 48.2. The van der Waals surface area contributed by atoms with Gasteiger partial charge in [0.2, 0.25) is 5.91 Å². The Morgan fingerprint density at radius 2 is 0.829 bits per heavy atom. The summed E-state index contributed by atoms with van der Waals surface area (Å²) in [5, 5.41) is 54.5. The highest BCUT2D eigenvalue weighted by Gasteiger charge is 2.44. The average Bonchev–Trinajstić information content (AvgIpc) is 3.42. The van der Waals surface area contributed by atoms with Crippen LogP contribution in [0, 0.1) is 0 Å². The van der Waals surface area contributed by atoms with E-state index in [1.54, 1.807) is 6.08 Å². The van der Waals surface area contributed by atoms with Crippen LogP contribution < -0.4 is 5.32 Å². The second-order valence-corrected chi connectivity index (χ2v) is 20.7. The van der Waals surface area contributed by atoms with E-state index in [1.165, 1.54) is 122 Å². The number of amides is 1. The Bertz CT molecular complexity index is 1610. The van der Waals surface area contributed by atoms with E-state index in [2.05, 4.69) is 129 Å². The fraction of sp³-hybridized carbons (Fsp3) is 0.687. The highest BCUT2D eigenvalue weighted by molar-refractivity contribution is 5.76. The first-order chi connectivity index (χ1) is 37.3. The monoisotopic (exact) mass is 1060 g/mol. The number of nitrogens with one attached hydrogen (secondary N) is 1. The van der Waals surface area contributed by atoms with E-state index in [4.69, 9.17) is 9.47 Å². The van der Waals surface area contributed by atoms with Crippen LogP contribution in [0.3, 0.4) is 0 Å². The molecule has 9 heteroatoms. The van der Waals surface area contributed by atoms with Gasteiger partial charge in [0, 0.05) is 6.42 Å². The summed E-state index contributed by atoms with van der Waals surface area (Å²) in [5.74, 6) is -0.196. The van der Waals surface area contributed by atoms with Gasteiger partial charge in [-0.25, -0.2) is 0 Å². The molecule has 1 fully saturated rings. The molecule has 7 unspecified atom stereocenters. The number of aliphatic hydroxyl groups excluding tert-OH is 5. The van der Waals surface area contributed by atoms with Crippen molar-refractivity contribution in [1.29, 1.82) is 0 Å². The molecule has 1 saturated heterocycles.